The van der Waals surface area contributed by atoms with E-state index >= 15 is 0 Å². The SMILES string of the molecule is Cn1cc(C2CC(=O)Oc3ccc(C(=O)c4ccccc4)c(O)c32)cn1. The lowest BCUT2D eigenvalue weighted by atomic mass is 9.85. The van der Waals surface area contributed by atoms with Gasteiger partial charge in [0.05, 0.1) is 18.2 Å². The van der Waals surface area contributed by atoms with Gasteiger partial charge in [-0.05, 0) is 17.7 Å². The number of hydrogen-bond donors (Lipinski definition) is 1. The molecule has 6 heteroatoms. The van der Waals surface area contributed by atoms with Crippen LogP contribution in [0.15, 0.2) is 54.9 Å². The number of carbonyl (C=O) groups is 2. The summed E-state index contributed by atoms with van der Waals surface area (Å²) < 4.78 is 6.90. The molecule has 1 N–H and O–H groups in total. The molecule has 130 valence electrons. The Bertz CT molecular complexity index is 1010. The van der Waals surface area contributed by atoms with Crippen molar-refractivity contribution in [2.75, 3.05) is 0 Å². The number of hydrogen-bond acceptors (Lipinski definition) is 5. The molecule has 0 fully saturated rings. The van der Waals surface area contributed by atoms with Crippen LogP contribution in [-0.2, 0) is 11.8 Å². The molecule has 1 aromatic heterocycles. The van der Waals surface area contributed by atoms with Gasteiger partial charge in [-0.25, -0.2) is 0 Å². The number of aromatic nitrogens is 2. The van der Waals surface area contributed by atoms with E-state index < -0.39 is 5.92 Å². The molecule has 1 aliphatic rings. The van der Waals surface area contributed by atoms with Crippen molar-refractivity contribution >= 4 is 11.8 Å². The average molecular weight is 348 g/mol. The topological polar surface area (TPSA) is 81.4 Å². The van der Waals surface area contributed by atoms with Gasteiger partial charge in [0.15, 0.2) is 5.78 Å². The first-order valence-corrected chi connectivity index (χ1v) is 8.19. The molecule has 4 rings (SSSR count). The number of phenolic OH excluding ortho intramolecular Hbond substituents is 1. The summed E-state index contributed by atoms with van der Waals surface area (Å²) in [7, 11) is 1.78. The van der Waals surface area contributed by atoms with Crippen molar-refractivity contribution in [2.24, 2.45) is 7.05 Å². The van der Waals surface area contributed by atoms with Gasteiger partial charge in [-0.2, -0.15) is 5.10 Å². The molecule has 26 heavy (non-hydrogen) atoms. The summed E-state index contributed by atoms with van der Waals surface area (Å²) in [4.78, 5) is 24.8. The predicted octanol–water partition coefficient (Wildman–Crippen LogP) is 2.80. The molecule has 0 bridgehead atoms. The predicted molar refractivity (Wildman–Crippen MR) is 93.3 cm³/mol. The average Bonchev–Trinajstić information content (AvgIpc) is 3.08. The molecule has 0 saturated carbocycles. The molecular weight excluding hydrogens is 332 g/mol. The van der Waals surface area contributed by atoms with Gasteiger partial charge in [-0.1, -0.05) is 30.3 Å². The second-order valence-corrected chi connectivity index (χ2v) is 6.25. The molecule has 6 nitrogen and oxygen atoms in total. The standard InChI is InChI=1S/C20H16N2O4/c1-22-11-13(10-21-22)15-9-17(23)26-16-8-7-14(20(25)18(15)16)19(24)12-5-3-2-4-6-12/h2-8,10-11,15,25H,9H2,1H3. The minimum Gasteiger partial charge on any atom is -0.507 e. The Morgan fingerprint density at radius 2 is 2.00 bits per heavy atom. The summed E-state index contributed by atoms with van der Waals surface area (Å²) in [6.45, 7) is 0. The molecule has 0 aliphatic carbocycles. The number of nitrogens with zero attached hydrogens (tertiary/aromatic N) is 2. The van der Waals surface area contributed by atoms with Gasteiger partial charge >= 0.3 is 5.97 Å². The quantitative estimate of drug-likeness (QED) is 0.447. The molecule has 2 aromatic carbocycles. The van der Waals surface area contributed by atoms with E-state index in [0.29, 0.717) is 11.1 Å². The van der Waals surface area contributed by atoms with Crippen molar-refractivity contribution in [2.45, 2.75) is 12.3 Å². The molecule has 2 heterocycles. The van der Waals surface area contributed by atoms with Crippen LogP contribution in [0.1, 0.15) is 39.4 Å². The number of aromatic hydroxyl groups is 1. The smallest absolute Gasteiger partial charge is 0.312 e. The third kappa shape index (κ3) is 2.65. The number of carbonyl (C=O) groups excluding carboxylic acids is 2. The van der Waals surface area contributed by atoms with Crippen molar-refractivity contribution in [3.05, 3.63) is 77.1 Å². The molecular formula is C20H16N2O4. The maximum Gasteiger partial charge on any atom is 0.312 e. The molecule has 3 aromatic rings. The van der Waals surface area contributed by atoms with E-state index in [1.54, 1.807) is 54.5 Å². The summed E-state index contributed by atoms with van der Waals surface area (Å²) in [5, 5.41) is 15.0. The van der Waals surface area contributed by atoms with Crippen molar-refractivity contribution in [3.63, 3.8) is 0 Å². The Morgan fingerprint density at radius 1 is 1.23 bits per heavy atom. The highest BCUT2D eigenvalue weighted by molar-refractivity contribution is 6.11. The van der Waals surface area contributed by atoms with Crippen LogP contribution >= 0.6 is 0 Å². The fourth-order valence-electron chi connectivity index (χ4n) is 3.28. The lowest BCUT2D eigenvalue weighted by Gasteiger charge is -2.25. The molecule has 1 unspecified atom stereocenters. The zero-order chi connectivity index (χ0) is 18.3. The van der Waals surface area contributed by atoms with E-state index in [4.69, 9.17) is 4.74 Å². The van der Waals surface area contributed by atoms with Crippen molar-refractivity contribution in [3.8, 4) is 11.5 Å². The summed E-state index contributed by atoms with van der Waals surface area (Å²) >= 11 is 0. The summed E-state index contributed by atoms with van der Waals surface area (Å²) in [5.74, 6) is -0.959. The van der Waals surface area contributed by atoms with E-state index in [0.717, 1.165) is 5.56 Å². The summed E-state index contributed by atoms with van der Waals surface area (Å²) in [5.41, 5.74) is 1.89. The van der Waals surface area contributed by atoms with E-state index in [1.807, 2.05) is 6.07 Å². The summed E-state index contributed by atoms with van der Waals surface area (Å²) in [6, 6.07) is 11.8. The third-order valence-corrected chi connectivity index (χ3v) is 4.53. The van der Waals surface area contributed by atoms with Crippen LogP contribution in [0.25, 0.3) is 0 Å². The Morgan fingerprint density at radius 3 is 2.69 bits per heavy atom. The van der Waals surface area contributed by atoms with E-state index in [2.05, 4.69) is 5.10 Å². The highest BCUT2D eigenvalue weighted by Gasteiger charge is 2.34. The minimum atomic E-state index is -0.413. The van der Waals surface area contributed by atoms with Gasteiger partial charge in [0.25, 0.3) is 0 Å². The number of benzene rings is 2. The lowest BCUT2D eigenvalue weighted by molar-refractivity contribution is -0.135. The molecule has 0 radical (unpaired) electrons. The van der Waals surface area contributed by atoms with Gasteiger partial charge < -0.3 is 9.84 Å². The molecule has 0 saturated heterocycles. The fraction of sp³-hybridized carbons (Fsp3) is 0.150. The van der Waals surface area contributed by atoms with Gasteiger partial charge in [-0.15, -0.1) is 0 Å². The van der Waals surface area contributed by atoms with Crippen LogP contribution in [0.5, 0.6) is 11.5 Å². The molecule has 0 amide bonds. The number of phenols is 1. The Labute approximate surface area is 149 Å². The van der Waals surface area contributed by atoms with Crippen LogP contribution in [0.2, 0.25) is 0 Å². The van der Waals surface area contributed by atoms with Crippen molar-refractivity contribution in [1.82, 2.24) is 9.78 Å². The zero-order valence-electron chi connectivity index (χ0n) is 14.0. The lowest BCUT2D eigenvalue weighted by Crippen LogP contribution is -2.21. The maximum absolute atomic E-state index is 12.8. The second-order valence-electron chi connectivity index (χ2n) is 6.25. The zero-order valence-corrected chi connectivity index (χ0v) is 14.0. The number of ketones is 1. The normalized spacial score (nSPS) is 16.0. The maximum atomic E-state index is 12.8. The molecule has 0 spiro atoms. The number of fused-ring (bicyclic) bond motifs is 1. The van der Waals surface area contributed by atoms with Gasteiger partial charge in [0.1, 0.15) is 11.5 Å². The van der Waals surface area contributed by atoms with Gasteiger partial charge in [-0.3, -0.25) is 14.3 Å². The highest BCUT2D eigenvalue weighted by atomic mass is 16.5. The fourth-order valence-corrected chi connectivity index (χ4v) is 3.28. The summed E-state index contributed by atoms with van der Waals surface area (Å²) in [6.07, 6.45) is 3.52. The largest absolute Gasteiger partial charge is 0.507 e. The first-order chi connectivity index (χ1) is 12.5. The highest BCUT2D eigenvalue weighted by Crippen LogP contribution is 2.45. The third-order valence-electron chi connectivity index (χ3n) is 4.53. The first kappa shape index (κ1) is 16.1. The van der Waals surface area contributed by atoms with E-state index in [1.165, 1.54) is 6.07 Å². The van der Waals surface area contributed by atoms with Crippen molar-refractivity contribution < 1.29 is 19.4 Å². The van der Waals surface area contributed by atoms with Crippen molar-refractivity contribution in [1.29, 1.82) is 0 Å². The molecule has 1 aliphatic heterocycles. The van der Waals surface area contributed by atoms with Gasteiger partial charge in [0, 0.05) is 30.3 Å². The Hall–Kier alpha value is -3.41. The van der Waals surface area contributed by atoms with Crippen LogP contribution in [-0.4, -0.2) is 26.6 Å². The number of aryl methyl sites for hydroxylation is 1. The molecule has 1 atom stereocenters. The van der Waals surface area contributed by atoms with Crippen LogP contribution in [0.4, 0.5) is 0 Å². The van der Waals surface area contributed by atoms with Crippen LogP contribution in [0, 0.1) is 0 Å². The van der Waals surface area contributed by atoms with E-state index in [-0.39, 0.29) is 35.2 Å². The number of ether oxygens (including phenoxy) is 1. The Kier molecular flexibility index (Phi) is 3.80. The number of esters is 1. The van der Waals surface area contributed by atoms with E-state index in [9.17, 15) is 14.7 Å². The van der Waals surface area contributed by atoms with Gasteiger partial charge in [0.2, 0.25) is 0 Å². The van der Waals surface area contributed by atoms with Crippen LogP contribution in [0.3, 0.4) is 0 Å². The second kappa shape index (κ2) is 6.15. The van der Waals surface area contributed by atoms with Crippen LogP contribution < -0.4 is 4.74 Å². The minimum absolute atomic E-state index is 0.0786. The monoisotopic (exact) mass is 348 g/mol. The number of rotatable bonds is 3. The first-order valence-electron chi connectivity index (χ1n) is 8.19. The Balaban J connectivity index is 1.84.